The lowest BCUT2D eigenvalue weighted by molar-refractivity contribution is -0.121. The van der Waals surface area contributed by atoms with Gasteiger partial charge in [0.25, 0.3) is 0 Å². The maximum atomic E-state index is 12.6. The molecule has 1 atom stereocenters. The van der Waals surface area contributed by atoms with E-state index >= 15 is 0 Å². The number of hydrogen-bond acceptors (Lipinski definition) is 2. The minimum Gasteiger partial charge on any atom is -0.352 e. The molecule has 1 aromatic rings. The Morgan fingerprint density at radius 3 is 2.60 bits per heavy atom. The molecule has 1 aromatic carbocycles. The first-order chi connectivity index (χ1) is 7.08. The van der Waals surface area contributed by atoms with E-state index in [0.29, 0.717) is 13.0 Å². The average Bonchev–Trinajstić information content (AvgIpc) is 2.16. The van der Waals surface area contributed by atoms with Crippen molar-refractivity contribution in [1.82, 2.24) is 5.32 Å². The molecule has 0 aliphatic rings. The Hall–Kier alpha value is -1.42. The topological polar surface area (TPSA) is 55.1 Å². The Kier molecular flexibility index (Phi) is 4.24. The first-order valence-electron chi connectivity index (χ1n) is 4.84. The smallest absolute Gasteiger partial charge is 0.221 e. The van der Waals surface area contributed by atoms with Gasteiger partial charge in [0.05, 0.1) is 0 Å². The van der Waals surface area contributed by atoms with Crippen molar-refractivity contribution in [1.29, 1.82) is 0 Å². The van der Waals surface area contributed by atoms with Gasteiger partial charge in [0.2, 0.25) is 5.91 Å². The quantitative estimate of drug-likeness (QED) is 0.784. The monoisotopic (exact) mass is 210 g/mol. The Morgan fingerprint density at radius 1 is 1.47 bits per heavy atom. The SMILES string of the molecule is CC(N)CC(=O)NCc1ccc(F)cc1. The summed E-state index contributed by atoms with van der Waals surface area (Å²) in [5.41, 5.74) is 6.34. The maximum absolute atomic E-state index is 12.6. The van der Waals surface area contributed by atoms with Crippen LogP contribution in [0.15, 0.2) is 24.3 Å². The third-order valence-electron chi connectivity index (χ3n) is 1.91. The van der Waals surface area contributed by atoms with Crippen molar-refractivity contribution in [2.45, 2.75) is 25.9 Å². The largest absolute Gasteiger partial charge is 0.352 e. The molecular formula is C11H15FN2O. The van der Waals surface area contributed by atoms with E-state index in [-0.39, 0.29) is 17.8 Å². The van der Waals surface area contributed by atoms with Crippen LogP contribution < -0.4 is 11.1 Å². The van der Waals surface area contributed by atoms with E-state index in [2.05, 4.69) is 5.32 Å². The van der Waals surface area contributed by atoms with Crippen LogP contribution in [0.1, 0.15) is 18.9 Å². The number of rotatable bonds is 4. The fourth-order valence-corrected chi connectivity index (χ4v) is 1.17. The predicted molar refractivity (Wildman–Crippen MR) is 56.5 cm³/mol. The van der Waals surface area contributed by atoms with Crippen LogP contribution in [0.2, 0.25) is 0 Å². The number of nitrogens with one attached hydrogen (secondary N) is 1. The fourth-order valence-electron chi connectivity index (χ4n) is 1.17. The molecule has 0 spiro atoms. The highest BCUT2D eigenvalue weighted by Gasteiger charge is 2.04. The molecule has 0 aliphatic heterocycles. The molecule has 3 N–H and O–H groups in total. The number of hydrogen-bond donors (Lipinski definition) is 2. The average molecular weight is 210 g/mol. The zero-order chi connectivity index (χ0) is 11.3. The van der Waals surface area contributed by atoms with Gasteiger partial charge >= 0.3 is 0 Å². The zero-order valence-corrected chi connectivity index (χ0v) is 8.66. The minimum absolute atomic E-state index is 0.0886. The highest BCUT2D eigenvalue weighted by Crippen LogP contribution is 2.02. The van der Waals surface area contributed by atoms with E-state index in [1.54, 1.807) is 19.1 Å². The third kappa shape index (κ3) is 4.56. The van der Waals surface area contributed by atoms with Gasteiger partial charge in [-0.05, 0) is 24.6 Å². The van der Waals surface area contributed by atoms with Crippen LogP contribution in [0, 0.1) is 5.82 Å². The van der Waals surface area contributed by atoms with Gasteiger partial charge in [0, 0.05) is 19.0 Å². The summed E-state index contributed by atoms with van der Waals surface area (Å²) >= 11 is 0. The molecule has 82 valence electrons. The molecule has 0 heterocycles. The van der Waals surface area contributed by atoms with Crippen LogP contribution in [0.5, 0.6) is 0 Å². The normalized spacial score (nSPS) is 12.2. The van der Waals surface area contributed by atoms with Crippen molar-refractivity contribution < 1.29 is 9.18 Å². The van der Waals surface area contributed by atoms with Gasteiger partial charge in [-0.3, -0.25) is 4.79 Å². The van der Waals surface area contributed by atoms with Gasteiger partial charge in [0.15, 0.2) is 0 Å². The third-order valence-corrected chi connectivity index (χ3v) is 1.91. The van der Waals surface area contributed by atoms with Gasteiger partial charge in [-0.25, -0.2) is 4.39 Å². The molecular weight excluding hydrogens is 195 g/mol. The van der Waals surface area contributed by atoms with Gasteiger partial charge in [0.1, 0.15) is 5.82 Å². The summed E-state index contributed by atoms with van der Waals surface area (Å²) < 4.78 is 12.6. The van der Waals surface area contributed by atoms with Gasteiger partial charge < -0.3 is 11.1 Å². The van der Waals surface area contributed by atoms with Crippen molar-refractivity contribution in [3.05, 3.63) is 35.6 Å². The van der Waals surface area contributed by atoms with Crippen LogP contribution in [-0.4, -0.2) is 11.9 Å². The second-order valence-corrected chi connectivity index (χ2v) is 3.58. The Labute approximate surface area is 88.5 Å². The highest BCUT2D eigenvalue weighted by atomic mass is 19.1. The van der Waals surface area contributed by atoms with Crippen molar-refractivity contribution >= 4 is 5.91 Å². The molecule has 0 aromatic heterocycles. The number of carbonyl (C=O) groups excluding carboxylic acids is 1. The highest BCUT2D eigenvalue weighted by molar-refractivity contribution is 5.76. The summed E-state index contributed by atoms with van der Waals surface area (Å²) in [5.74, 6) is -0.366. The molecule has 0 bridgehead atoms. The molecule has 1 rings (SSSR count). The second-order valence-electron chi connectivity index (χ2n) is 3.58. The van der Waals surface area contributed by atoms with Crippen LogP contribution in [-0.2, 0) is 11.3 Å². The fraction of sp³-hybridized carbons (Fsp3) is 0.364. The van der Waals surface area contributed by atoms with E-state index in [1.807, 2.05) is 0 Å². The summed E-state index contributed by atoms with van der Waals surface area (Å²) in [6.07, 6.45) is 0.307. The van der Waals surface area contributed by atoms with E-state index in [4.69, 9.17) is 5.73 Å². The van der Waals surface area contributed by atoms with E-state index in [0.717, 1.165) is 5.56 Å². The van der Waals surface area contributed by atoms with Gasteiger partial charge in [-0.15, -0.1) is 0 Å². The number of halogens is 1. The molecule has 0 fully saturated rings. The van der Waals surface area contributed by atoms with Crippen molar-refractivity contribution in [3.8, 4) is 0 Å². The van der Waals surface area contributed by atoms with Crippen LogP contribution >= 0.6 is 0 Å². The molecule has 3 nitrogen and oxygen atoms in total. The standard InChI is InChI=1S/C11H15FN2O/c1-8(13)6-11(15)14-7-9-2-4-10(12)5-3-9/h2-5,8H,6-7,13H2,1H3,(H,14,15). The summed E-state index contributed by atoms with van der Waals surface area (Å²) in [6, 6.07) is 5.88. The molecule has 15 heavy (non-hydrogen) atoms. The second kappa shape index (κ2) is 5.46. The van der Waals surface area contributed by atoms with Crippen LogP contribution in [0.25, 0.3) is 0 Å². The summed E-state index contributed by atoms with van der Waals surface area (Å²) in [6.45, 7) is 2.18. The number of benzene rings is 1. The lowest BCUT2D eigenvalue weighted by Crippen LogP contribution is -2.29. The Morgan fingerprint density at radius 2 is 2.07 bits per heavy atom. The van der Waals surface area contributed by atoms with Crippen molar-refractivity contribution in [2.75, 3.05) is 0 Å². The Bertz CT molecular complexity index is 322. The Balaban J connectivity index is 2.37. The van der Waals surface area contributed by atoms with Crippen LogP contribution in [0.4, 0.5) is 4.39 Å². The molecule has 1 amide bonds. The summed E-state index contributed by atoms with van der Waals surface area (Å²) in [7, 11) is 0. The maximum Gasteiger partial charge on any atom is 0.221 e. The number of carbonyl (C=O) groups is 1. The molecule has 1 unspecified atom stereocenters. The summed E-state index contributed by atoms with van der Waals surface area (Å²) in [4.78, 5) is 11.2. The zero-order valence-electron chi connectivity index (χ0n) is 8.66. The van der Waals surface area contributed by atoms with E-state index in [1.165, 1.54) is 12.1 Å². The molecule has 0 aliphatic carbocycles. The molecule has 0 saturated carbocycles. The first-order valence-corrected chi connectivity index (χ1v) is 4.84. The van der Waals surface area contributed by atoms with Crippen molar-refractivity contribution in [3.63, 3.8) is 0 Å². The van der Waals surface area contributed by atoms with Gasteiger partial charge in [-0.2, -0.15) is 0 Å². The minimum atomic E-state index is -0.277. The molecule has 4 heteroatoms. The molecule has 0 radical (unpaired) electrons. The summed E-state index contributed by atoms with van der Waals surface area (Å²) in [5, 5.41) is 2.71. The van der Waals surface area contributed by atoms with E-state index in [9.17, 15) is 9.18 Å². The first kappa shape index (κ1) is 11.7. The number of amides is 1. The van der Waals surface area contributed by atoms with Crippen LogP contribution in [0.3, 0.4) is 0 Å². The molecule has 0 saturated heterocycles. The van der Waals surface area contributed by atoms with E-state index < -0.39 is 0 Å². The van der Waals surface area contributed by atoms with Gasteiger partial charge in [-0.1, -0.05) is 12.1 Å². The predicted octanol–water partition coefficient (Wildman–Crippen LogP) is 1.18. The van der Waals surface area contributed by atoms with Crippen molar-refractivity contribution in [2.24, 2.45) is 5.73 Å². The number of nitrogens with two attached hydrogens (primary N) is 1. The lowest BCUT2D eigenvalue weighted by Gasteiger charge is -2.07. The lowest BCUT2D eigenvalue weighted by atomic mass is 10.2.